The highest BCUT2D eigenvalue weighted by Gasteiger charge is 2.45. The lowest BCUT2D eigenvalue weighted by Crippen LogP contribution is -2.43. The van der Waals surface area contributed by atoms with Gasteiger partial charge in [-0.15, -0.1) is 0 Å². The van der Waals surface area contributed by atoms with Gasteiger partial charge in [-0.3, -0.25) is 0 Å². The Kier molecular flexibility index (Phi) is 3.77. The van der Waals surface area contributed by atoms with Crippen LogP contribution in [0.2, 0.25) is 0 Å². The second kappa shape index (κ2) is 5.16. The lowest BCUT2D eigenvalue weighted by molar-refractivity contribution is 0.117. The van der Waals surface area contributed by atoms with Crippen molar-refractivity contribution >= 4 is 15.9 Å². The van der Waals surface area contributed by atoms with Gasteiger partial charge in [0.05, 0.1) is 0 Å². The molecule has 1 heteroatoms. The fourth-order valence-corrected chi connectivity index (χ4v) is 5.91. The molecule has 0 saturated heterocycles. The minimum atomic E-state index is 0.420. The molecule has 0 heterocycles. The fraction of sp³-hybridized carbons (Fsp3) is 0.684. The minimum Gasteiger partial charge on any atom is -0.0622 e. The van der Waals surface area contributed by atoms with Crippen LogP contribution in [0.4, 0.5) is 0 Å². The zero-order chi connectivity index (χ0) is 14.5. The van der Waals surface area contributed by atoms with E-state index >= 15 is 0 Å². The summed E-state index contributed by atoms with van der Waals surface area (Å²) in [6.07, 6.45) is 6.85. The van der Waals surface area contributed by atoms with Crippen LogP contribution in [0.15, 0.2) is 16.6 Å². The molecule has 0 amide bonds. The fourth-order valence-electron chi connectivity index (χ4n) is 4.91. The lowest BCUT2D eigenvalue weighted by Gasteiger charge is -2.50. The van der Waals surface area contributed by atoms with Crippen LogP contribution < -0.4 is 0 Å². The Morgan fingerprint density at radius 2 is 2.00 bits per heavy atom. The number of hydrogen-bond donors (Lipinski definition) is 0. The van der Waals surface area contributed by atoms with E-state index in [2.05, 4.69) is 55.8 Å². The van der Waals surface area contributed by atoms with Crippen molar-refractivity contribution in [3.8, 4) is 0 Å². The van der Waals surface area contributed by atoms with Crippen LogP contribution in [0.25, 0.3) is 0 Å². The highest BCUT2D eigenvalue weighted by atomic mass is 79.9. The zero-order valence-electron chi connectivity index (χ0n) is 13.3. The molecule has 0 nitrogen and oxygen atoms in total. The van der Waals surface area contributed by atoms with Crippen molar-refractivity contribution in [2.75, 3.05) is 0 Å². The average Bonchev–Trinajstić information content (AvgIpc) is 2.39. The number of hydrogen-bond acceptors (Lipinski definition) is 0. The molecule has 110 valence electrons. The van der Waals surface area contributed by atoms with Gasteiger partial charge in [-0.05, 0) is 59.1 Å². The molecule has 1 fully saturated rings. The van der Waals surface area contributed by atoms with E-state index in [0.717, 1.165) is 11.8 Å². The van der Waals surface area contributed by atoms with Gasteiger partial charge in [-0.2, -0.15) is 0 Å². The molecule has 1 aromatic carbocycles. The molecule has 1 aromatic rings. The molecule has 0 N–H and O–H groups in total. The summed E-state index contributed by atoms with van der Waals surface area (Å²) in [6, 6.07) is 4.83. The predicted molar refractivity (Wildman–Crippen MR) is 90.4 cm³/mol. The number of fused-ring (bicyclic) bond motifs is 3. The van der Waals surface area contributed by atoms with Crippen LogP contribution in [0.5, 0.6) is 0 Å². The van der Waals surface area contributed by atoms with Crippen molar-refractivity contribution in [1.82, 2.24) is 0 Å². The van der Waals surface area contributed by atoms with Crippen molar-refractivity contribution in [3.63, 3.8) is 0 Å². The molecule has 0 aliphatic heterocycles. The smallest absolute Gasteiger partial charge is 0.0244 e. The van der Waals surface area contributed by atoms with E-state index < -0.39 is 0 Å². The monoisotopic (exact) mass is 334 g/mol. The molecular formula is C19H27Br. The Hall–Kier alpha value is -0.300. The topological polar surface area (TPSA) is 0 Å². The summed E-state index contributed by atoms with van der Waals surface area (Å²) in [4.78, 5) is 0. The summed E-state index contributed by atoms with van der Waals surface area (Å²) in [6.45, 7) is 9.60. The van der Waals surface area contributed by atoms with Gasteiger partial charge >= 0.3 is 0 Å². The van der Waals surface area contributed by atoms with Crippen LogP contribution in [-0.2, 0) is 11.8 Å². The van der Waals surface area contributed by atoms with Crippen molar-refractivity contribution in [2.24, 2.45) is 11.8 Å². The summed E-state index contributed by atoms with van der Waals surface area (Å²) in [7, 11) is 0. The molecule has 0 bridgehead atoms. The number of rotatable bonds is 1. The molecule has 0 radical (unpaired) electrons. The van der Waals surface area contributed by atoms with E-state index in [4.69, 9.17) is 0 Å². The van der Waals surface area contributed by atoms with Gasteiger partial charge in [0.2, 0.25) is 0 Å². The first-order valence-electron chi connectivity index (χ1n) is 8.27. The van der Waals surface area contributed by atoms with Gasteiger partial charge in [0, 0.05) is 4.47 Å². The minimum absolute atomic E-state index is 0.420. The molecule has 2 aliphatic carbocycles. The van der Waals surface area contributed by atoms with Crippen molar-refractivity contribution in [3.05, 3.63) is 33.3 Å². The standard InChI is InChI=1S/C19H27Br/c1-12(2)14-7-10-17-15(18(14)20)8-9-16-13(3)6-5-11-19(16,17)4/h7,10,12-13,16H,5-6,8-9,11H2,1-4H3. The maximum atomic E-state index is 3.92. The SMILES string of the molecule is CC(C)c1ccc2c(c1Br)CCC1C(C)CCCC21C. The van der Waals surface area contributed by atoms with E-state index in [9.17, 15) is 0 Å². The summed E-state index contributed by atoms with van der Waals surface area (Å²) < 4.78 is 1.41. The Bertz CT molecular complexity index is 517. The zero-order valence-corrected chi connectivity index (χ0v) is 14.9. The molecule has 1 saturated carbocycles. The third kappa shape index (κ3) is 2.08. The highest BCUT2D eigenvalue weighted by Crippen LogP contribution is 2.53. The second-order valence-corrected chi connectivity index (χ2v) is 8.37. The predicted octanol–water partition coefficient (Wildman–Crippen LogP) is 6.21. The maximum absolute atomic E-state index is 3.92. The van der Waals surface area contributed by atoms with Gasteiger partial charge in [0.1, 0.15) is 0 Å². The van der Waals surface area contributed by atoms with Crippen molar-refractivity contribution in [1.29, 1.82) is 0 Å². The quantitative estimate of drug-likeness (QED) is 0.572. The summed E-state index contributed by atoms with van der Waals surface area (Å²) in [5.41, 5.74) is 5.17. The molecular weight excluding hydrogens is 308 g/mol. The molecule has 20 heavy (non-hydrogen) atoms. The van der Waals surface area contributed by atoms with E-state index in [1.54, 1.807) is 11.1 Å². The van der Waals surface area contributed by atoms with E-state index in [1.807, 2.05) is 0 Å². The first kappa shape index (κ1) is 14.6. The number of halogens is 1. The van der Waals surface area contributed by atoms with E-state index in [0.29, 0.717) is 11.3 Å². The van der Waals surface area contributed by atoms with Crippen LogP contribution in [0.3, 0.4) is 0 Å². The van der Waals surface area contributed by atoms with Gasteiger partial charge < -0.3 is 0 Å². The second-order valence-electron chi connectivity index (χ2n) is 7.58. The maximum Gasteiger partial charge on any atom is 0.0244 e. The highest BCUT2D eigenvalue weighted by molar-refractivity contribution is 9.10. The van der Waals surface area contributed by atoms with Gasteiger partial charge in [-0.25, -0.2) is 0 Å². The molecule has 3 rings (SSSR count). The molecule has 3 unspecified atom stereocenters. The number of benzene rings is 1. The Morgan fingerprint density at radius 3 is 2.70 bits per heavy atom. The van der Waals surface area contributed by atoms with Crippen LogP contribution in [0.1, 0.15) is 76.0 Å². The van der Waals surface area contributed by atoms with E-state index in [1.165, 1.54) is 42.1 Å². The third-order valence-corrected chi connectivity index (χ3v) is 7.01. The normalized spacial score (nSPS) is 32.9. The van der Waals surface area contributed by atoms with Crippen molar-refractivity contribution in [2.45, 2.75) is 71.1 Å². The summed E-state index contributed by atoms with van der Waals surface area (Å²) in [5, 5.41) is 0. The van der Waals surface area contributed by atoms with Gasteiger partial charge in [0.25, 0.3) is 0 Å². The first-order chi connectivity index (χ1) is 9.45. The van der Waals surface area contributed by atoms with Gasteiger partial charge in [-0.1, -0.05) is 68.6 Å². The average molecular weight is 335 g/mol. The molecule has 0 spiro atoms. The Labute approximate surface area is 132 Å². The summed E-state index contributed by atoms with van der Waals surface area (Å²) in [5.74, 6) is 2.39. The summed E-state index contributed by atoms with van der Waals surface area (Å²) >= 11 is 3.92. The Morgan fingerprint density at radius 1 is 1.25 bits per heavy atom. The van der Waals surface area contributed by atoms with Crippen molar-refractivity contribution < 1.29 is 0 Å². The lowest BCUT2D eigenvalue weighted by atomic mass is 9.55. The van der Waals surface area contributed by atoms with Crippen LogP contribution >= 0.6 is 15.9 Å². The largest absolute Gasteiger partial charge is 0.0622 e. The van der Waals surface area contributed by atoms with Gasteiger partial charge in [0.15, 0.2) is 0 Å². The third-order valence-electron chi connectivity index (χ3n) is 6.08. The van der Waals surface area contributed by atoms with E-state index in [-0.39, 0.29) is 0 Å². The molecule has 3 atom stereocenters. The Balaban J connectivity index is 2.11. The molecule has 2 aliphatic rings. The van der Waals surface area contributed by atoms with Crippen LogP contribution in [-0.4, -0.2) is 0 Å². The van der Waals surface area contributed by atoms with Crippen LogP contribution in [0, 0.1) is 11.8 Å². The molecule has 0 aromatic heterocycles. The first-order valence-corrected chi connectivity index (χ1v) is 9.06.